The van der Waals surface area contributed by atoms with Crippen molar-refractivity contribution in [3.05, 3.63) is 58.1 Å². The maximum Gasteiger partial charge on any atom is 0.264 e. The maximum atomic E-state index is 13.5. The van der Waals surface area contributed by atoms with E-state index >= 15 is 0 Å². The highest BCUT2D eigenvalue weighted by molar-refractivity contribution is 7.90. The van der Waals surface area contributed by atoms with Crippen LogP contribution in [-0.4, -0.2) is 71.9 Å². The van der Waals surface area contributed by atoms with Crippen molar-refractivity contribution < 1.29 is 27.4 Å². The molecule has 48 heavy (non-hydrogen) atoms. The zero-order valence-electron chi connectivity index (χ0n) is 28.4. The fraction of sp³-hybridized carbons (Fsp3) is 0.649. The van der Waals surface area contributed by atoms with Gasteiger partial charge in [-0.15, -0.1) is 0 Å². The molecule has 9 nitrogen and oxygen atoms in total. The SMILES string of the molecule is CN[C@H]1CO[C@H]([C@@H]2CCC[C@H](C)[C@@H](C)S(=O)(=O)NC(=O)c3ccc4c(c3)N(C[C@@H]3CC[C@H]32)C[C@@]2(CCCc3cc(Cl)ccc32)CO4)OC1. The predicted octanol–water partition coefficient (Wildman–Crippen LogP) is 5.68. The summed E-state index contributed by atoms with van der Waals surface area (Å²) in [5, 5.41) is 3.30. The fourth-order valence-electron chi connectivity index (χ4n) is 8.90. The number of ether oxygens (including phenoxy) is 3. The molecule has 1 saturated heterocycles. The van der Waals surface area contributed by atoms with E-state index in [0.717, 1.165) is 80.9 Å². The second kappa shape index (κ2) is 13.7. The smallest absolute Gasteiger partial charge is 0.264 e. The third kappa shape index (κ3) is 6.60. The molecule has 2 aromatic carbocycles. The number of hydrogen-bond acceptors (Lipinski definition) is 8. The van der Waals surface area contributed by atoms with E-state index in [0.29, 0.717) is 37.2 Å². The van der Waals surface area contributed by atoms with Gasteiger partial charge in [0.2, 0.25) is 10.0 Å². The van der Waals surface area contributed by atoms with Gasteiger partial charge in [-0.25, -0.2) is 13.1 Å². The lowest BCUT2D eigenvalue weighted by molar-refractivity contribution is -0.231. The fourth-order valence-corrected chi connectivity index (χ4v) is 10.4. The summed E-state index contributed by atoms with van der Waals surface area (Å²) in [5.41, 5.74) is 3.48. The number of benzene rings is 2. The second-order valence-electron chi connectivity index (χ2n) is 15.1. The lowest BCUT2D eigenvalue weighted by Crippen LogP contribution is -2.52. The minimum atomic E-state index is -3.90. The van der Waals surface area contributed by atoms with Crippen molar-refractivity contribution in [2.75, 3.05) is 44.9 Å². The van der Waals surface area contributed by atoms with E-state index in [1.165, 1.54) is 11.1 Å². The summed E-state index contributed by atoms with van der Waals surface area (Å²) < 4.78 is 48.7. The van der Waals surface area contributed by atoms with Gasteiger partial charge >= 0.3 is 0 Å². The number of carbonyl (C=O) groups excluding carboxylic acids is 1. The van der Waals surface area contributed by atoms with Gasteiger partial charge in [-0.1, -0.05) is 31.0 Å². The second-order valence-corrected chi connectivity index (χ2v) is 17.5. The molecule has 0 radical (unpaired) electrons. The van der Waals surface area contributed by atoms with Gasteiger partial charge in [0.05, 0.1) is 36.8 Å². The van der Waals surface area contributed by atoms with Gasteiger partial charge in [0, 0.05) is 35.0 Å². The molecule has 2 aliphatic carbocycles. The van der Waals surface area contributed by atoms with E-state index in [4.69, 9.17) is 25.8 Å². The molecule has 2 fully saturated rings. The number of halogens is 1. The van der Waals surface area contributed by atoms with E-state index in [-0.39, 0.29) is 29.6 Å². The first-order valence-corrected chi connectivity index (χ1v) is 19.8. The topological polar surface area (TPSA) is 106 Å². The molecule has 0 unspecified atom stereocenters. The number of anilines is 1. The minimum Gasteiger partial charge on any atom is -0.490 e. The van der Waals surface area contributed by atoms with Crippen molar-refractivity contribution in [1.29, 1.82) is 0 Å². The summed E-state index contributed by atoms with van der Waals surface area (Å²) in [6.07, 6.45) is 7.48. The molecule has 262 valence electrons. The maximum absolute atomic E-state index is 13.5. The Morgan fingerprint density at radius 2 is 1.81 bits per heavy atom. The van der Waals surface area contributed by atoms with E-state index < -0.39 is 21.2 Å². The molecule has 3 heterocycles. The number of amides is 1. The third-order valence-corrected chi connectivity index (χ3v) is 14.3. The number of likely N-dealkylation sites (N-methyl/N-ethyl adjacent to an activating group) is 1. The number of sulfonamides is 1. The van der Waals surface area contributed by atoms with Crippen LogP contribution in [0.25, 0.3) is 0 Å². The molecular formula is C37H50ClN3O6S. The summed E-state index contributed by atoms with van der Waals surface area (Å²) in [5.74, 6) is 1.05. The molecule has 1 amide bonds. The van der Waals surface area contributed by atoms with Crippen LogP contribution in [0.1, 0.15) is 80.3 Å². The molecule has 7 rings (SSSR count). The average molecular weight is 700 g/mol. The summed E-state index contributed by atoms with van der Waals surface area (Å²) in [6, 6.07) is 11.8. The minimum absolute atomic E-state index is 0.122. The van der Waals surface area contributed by atoms with Gasteiger partial charge in [-0.05, 0) is 118 Å². The number of fused-ring (bicyclic) bond motifs is 4. The number of hydrogen-bond donors (Lipinski definition) is 2. The molecule has 5 aliphatic rings. The number of carbonyl (C=O) groups is 1. The lowest BCUT2D eigenvalue weighted by atomic mass is 9.64. The number of nitrogens with zero attached hydrogens (tertiary/aromatic N) is 1. The molecular weight excluding hydrogens is 650 g/mol. The molecule has 1 saturated carbocycles. The standard InChI is InChI=1S/C37H50ClN3O6S/c1-23-6-4-8-31(36-45-19-29(39-3)20-46-36)30-12-9-27(30)18-41-21-37(15-5-7-25-16-28(38)11-13-32(25)37)22-47-34-14-10-26(17-33(34)41)35(42)40-48(43,44)24(23)2/h10-11,13-14,16-17,23-24,27,29-31,36,39H,4-9,12,15,18-22H2,1-3H3,(H,40,42)/t23-,24+,27-,29-,30+,31+,36-,37-/m0/s1. The van der Waals surface area contributed by atoms with Gasteiger partial charge in [0.1, 0.15) is 5.75 Å². The van der Waals surface area contributed by atoms with Crippen molar-refractivity contribution >= 4 is 33.2 Å². The van der Waals surface area contributed by atoms with Gasteiger partial charge in [-0.3, -0.25) is 4.79 Å². The van der Waals surface area contributed by atoms with Crippen LogP contribution >= 0.6 is 11.6 Å². The van der Waals surface area contributed by atoms with Crippen LogP contribution in [0.5, 0.6) is 5.75 Å². The highest BCUT2D eigenvalue weighted by atomic mass is 35.5. The summed E-state index contributed by atoms with van der Waals surface area (Å²) in [7, 11) is -1.96. The van der Waals surface area contributed by atoms with E-state index in [2.05, 4.69) is 27.1 Å². The highest BCUT2D eigenvalue weighted by Crippen LogP contribution is 2.49. The van der Waals surface area contributed by atoms with Crippen molar-refractivity contribution in [3.8, 4) is 5.75 Å². The van der Waals surface area contributed by atoms with Crippen LogP contribution in [0.3, 0.4) is 0 Å². The Morgan fingerprint density at radius 1 is 1.00 bits per heavy atom. The van der Waals surface area contributed by atoms with Crippen molar-refractivity contribution in [3.63, 3.8) is 0 Å². The van der Waals surface area contributed by atoms with Gasteiger partial charge in [0.15, 0.2) is 6.29 Å². The van der Waals surface area contributed by atoms with Crippen LogP contribution in [0, 0.1) is 23.7 Å². The Balaban J connectivity index is 1.27. The number of aryl methyl sites for hydroxylation is 1. The van der Waals surface area contributed by atoms with Crippen LogP contribution in [0.4, 0.5) is 5.69 Å². The molecule has 3 aliphatic heterocycles. The van der Waals surface area contributed by atoms with Gasteiger partial charge in [0.25, 0.3) is 5.91 Å². The monoisotopic (exact) mass is 699 g/mol. The number of rotatable bonds is 2. The molecule has 11 heteroatoms. The third-order valence-electron chi connectivity index (χ3n) is 12.2. The van der Waals surface area contributed by atoms with E-state index in [1.54, 1.807) is 13.0 Å². The molecule has 2 N–H and O–H groups in total. The zero-order valence-corrected chi connectivity index (χ0v) is 30.0. The quantitative estimate of drug-likeness (QED) is 0.413. The van der Waals surface area contributed by atoms with Crippen LogP contribution < -0.4 is 19.7 Å². The molecule has 0 aromatic heterocycles. The normalized spacial score (nSPS) is 35.3. The largest absolute Gasteiger partial charge is 0.490 e. The average Bonchev–Trinajstić information content (AvgIpc) is 3.21. The van der Waals surface area contributed by atoms with Crippen molar-refractivity contribution in [2.24, 2.45) is 23.7 Å². The van der Waals surface area contributed by atoms with Crippen LogP contribution in [0.2, 0.25) is 5.02 Å². The van der Waals surface area contributed by atoms with E-state index in [1.807, 2.05) is 32.2 Å². The van der Waals surface area contributed by atoms with Crippen LogP contribution in [-0.2, 0) is 31.3 Å². The van der Waals surface area contributed by atoms with Gasteiger partial charge < -0.3 is 24.4 Å². The molecule has 1 spiro atoms. The summed E-state index contributed by atoms with van der Waals surface area (Å²) in [4.78, 5) is 16.0. The predicted molar refractivity (Wildman–Crippen MR) is 187 cm³/mol. The van der Waals surface area contributed by atoms with Crippen LogP contribution in [0.15, 0.2) is 36.4 Å². The Kier molecular flexibility index (Phi) is 9.76. The zero-order chi connectivity index (χ0) is 33.6. The molecule has 6 atom stereocenters. The highest BCUT2D eigenvalue weighted by Gasteiger charge is 2.46. The Hall–Kier alpha value is -2.37. The Labute approximate surface area is 290 Å². The van der Waals surface area contributed by atoms with E-state index in [9.17, 15) is 13.2 Å². The molecule has 2 bridgehead atoms. The number of nitrogens with one attached hydrogen (secondary N) is 2. The Morgan fingerprint density at radius 3 is 2.56 bits per heavy atom. The molecule has 2 aromatic rings. The van der Waals surface area contributed by atoms with Crippen molar-refractivity contribution in [1.82, 2.24) is 10.0 Å². The van der Waals surface area contributed by atoms with Gasteiger partial charge in [-0.2, -0.15) is 0 Å². The summed E-state index contributed by atoms with van der Waals surface area (Å²) >= 11 is 6.46. The summed E-state index contributed by atoms with van der Waals surface area (Å²) in [6.45, 7) is 6.97. The first-order chi connectivity index (χ1) is 23.1. The Bertz CT molecular complexity index is 1610. The van der Waals surface area contributed by atoms with Crippen molar-refractivity contribution in [2.45, 2.75) is 88.2 Å². The first-order valence-electron chi connectivity index (χ1n) is 17.8. The lowest BCUT2D eigenvalue weighted by Gasteiger charge is -2.49. The first kappa shape index (κ1) is 34.1.